The second kappa shape index (κ2) is 7.21. The molecule has 0 bridgehead atoms. The molecule has 1 saturated heterocycles. The number of anilines is 1. The fourth-order valence-corrected chi connectivity index (χ4v) is 2.42. The molecular formula is C14H23N5O2. The first-order valence-corrected chi connectivity index (χ1v) is 7.34. The highest BCUT2D eigenvalue weighted by Gasteiger charge is 2.23. The van der Waals surface area contributed by atoms with Crippen molar-refractivity contribution in [3.8, 4) is 0 Å². The summed E-state index contributed by atoms with van der Waals surface area (Å²) in [7, 11) is 0. The average Bonchev–Trinajstić information content (AvgIpc) is 2.51. The van der Waals surface area contributed by atoms with Crippen molar-refractivity contribution < 1.29 is 9.94 Å². The highest BCUT2D eigenvalue weighted by atomic mass is 16.5. The van der Waals surface area contributed by atoms with Crippen molar-refractivity contribution in [1.29, 1.82) is 0 Å². The highest BCUT2D eigenvalue weighted by Crippen LogP contribution is 2.19. The summed E-state index contributed by atoms with van der Waals surface area (Å²) in [6.07, 6.45) is 3.35. The number of hydrogen-bond acceptors (Lipinski definition) is 6. The fourth-order valence-electron chi connectivity index (χ4n) is 2.42. The minimum Gasteiger partial charge on any atom is -0.409 e. The smallest absolute Gasteiger partial charge is 0.226 e. The van der Waals surface area contributed by atoms with E-state index >= 15 is 0 Å². The molecule has 0 saturated carbocycles. The van der Waals surface area contributed by atoms with Gasteiger partial charge in [-0.25, -0.2) is 9.97 Å². The van der Waals surface area contributed by atoms with Gasteiger partial charge in [-0.15, -0.1) is 0 Å². The number of aromatic nitrogens is 2. The molecule has 1 aliphatic heterocycles. The van der Waals surface area contributed by atoms with E-state index in [1.807, 2.05) is 6.92 Å². The molecule has 2 rings (SSSR count). The van der Waals surface area contributed by atoms with E-state index in [0.717, 1.165) is 44.7 Å². The lowest BCUT2D eigenvalue weighted by Crippen LogP contribution is -2.41. The van der Waals surface area contributed by atoms with Crippen molar-refractivity contribution in [3.05, 3.63) is 17.5 Å². The maximum absolute atomic E-state index is 8.79. The van der Waals surface area contributed by atoms with Crippen LogP contribution in [0.4, 0.5) is 5.95 Å². The van der Waals surface area contributed by atoms with E-state index in [2.05, 4.69) is 26.9 Å². The molecule has 1 fully saturated rings. The predicted octanol–water partition coefficient (Wildman–Crippen LogP) is 1.27. The number of ether oxygens (including phenoxy) is 1. The van der Waals surface area contributed by atoms with Crippen LogP contribution in [0.3, 0.4) is 0 Å². The average molecular weight is 293 g/mol. The lowest BCUT2D eigenvalue weighted by atomic mass is 10.1. The van der Waals surface area contributed by atoms with Crippen LogP contribution in [-0.2, 0) is 4.74 Å². The van der Waals surface area contributed by atoms with Gasteiger partial charge in [-0.2, -0.15) is 0 Å². The third kappa shape index (κ3) is 4.04. The van der Waals surface area contributed by atoms with Gasteiger partial charge in [-0.3, -0.25) is 0 Å². The minimum absolute atomic E-state index is 0.00228. The standard InChI is InChI=1S/C14H23N5O2/c1-3-7-21-11-5-4-6-19(9-11)14-16-10(2)8-12(17-14)13(15)18-20/h8,11,20H,3-7,9H2,1-2H3,(H2,15,18). The lowest BCUT2D eigenvalue weighted by molar-refractivity contribution is 0.0437. The van der Waals surface area contributed by atoms with Gasteiger partial charge >= 0.3 is 0 Å². The number of nitrogens with two attached hydrogens (primary N) is 1. The molecule has 1 unspecified atom stereocenters. The number of amidine groups is 1. The second-order valence-corrected chi connectivity index (χ2v) is 5.26. The summed E-state index contributed by atoms with van der Waals surface area (Å²) in [4.78, 5) is 10.9. The van der Waals surface area contributed by atoms with E-state index in [-0.39, 0.29) is 11.9 Å². The summed E-state index contributed by atoms with van der Waals surface area (Å²) in [5.41, 5.74) is 6.85. The van der Waals surface area contributed by atoms with E-state index < -0.39 is 0 Å². The number of oxime groups is 1. The monoisotopic (exact) mass is 293 g/mol. The fraction of sp³-hybridized carbons (Fsp3) is 0.643. The van der Waals surface area contributed by atoms with Crippen molar-refractivity contribution in [2.24, 2.45) is 10.9 Å². The summed E-state index contributed by atoms with van der Waals surface area (Å²) in [6, 6.07) is 1.70. The molecule has 0 amide bonds. The molecule has 0 aromatic carbocycles. The first kappa shape index (κ1) is 15.5. The van der Waals surface area contributed by atoms with E-state index in [1.54, 1.807) is 6.07 Å². The van der Waals surface area contributed by atoms with Gasteiger partial charge < -0.3 is 20.6 Å². The molecule has 7 nitrogen and oxygen atoms in total. The van der Waals surface area contributed by atoms with Gasteiger partial charge in [0.2, 0.25) is 5.95 Å². The molecule has 1 atom stereocenters. The molecular weight excluding hydrogens is 270 g/mol. The van der Waals surface area contributed by atoms with Gasteiger partial charge in [0, 0.05) is 25.4 Å². The summed E-state index contributed by atoms with van der Waals surface area (Å²) in [5.74, 6) is 0.610. The first-order chi connectivity index (χ1) is 10.1. The van der Waals surface area contributed by atoms with Gasteiger partial charge in [0.1, 0.15) is 5.69 Å². The van der Waals surface area contributed by atoms with E-state index in [4.69, 9.17) is 15.7 Å². The van der Waals surface area contributed by atoms with E-state index in [0.29, 0.717) is 11.6 Å². The Bertz CT molecular complexity index is 506. The van der Waals surface area contributed by atoms with Gasteiger partial charge in [0.15, 0.2) is 5.84 Å². The number of nitrogens with zero attached hydrogens (tertiary/aromatic N) is 4. The molecule has 7 heteroatoms. The maximum Gasteiger partial charge on any atom is 0.226 e. The molecule has 21 heavy (non-hydrogen) atoms. The molecule has 116 valence electrons. The van der Waals surface area contributed by atoms with Crippen molar-refractivity contribution in [3.63, 3.8) is 0 Å². The third-order valence-corrected chi connectivity index (χ3v) is 3.43. The van der Waals surface area contributed by atoms with Crippen LogP contribution in [0.15, 0.2) is 11.2 Å². The molecule has 1 aliphatic rings. The van der Waals surface area contributed by atoms with Crippen LogP contribution in [0.25, 0.3) is 0 Å². The Balaban J connectivity index is 2.15. The Kier molecular flexibility index (Phi) is 5.32. The van der Waals surface area contributed by atoms with Crippen LogP contribution in [-0.4, -0.2) is 46.8 Å². The van der Waals surface area contributed by atoms with Crippen molar-refractivity contribution >= 4 is 11.8 Å². The molecule has 0 aliphatic carbocycles. The molecule has 0 spiro atoms. The van der Waals surface area contributed by atoms with Gasteiger partial charge in [0.25, 0.3) is 0 Å². The normalized spacial score (nSPS) is 19.8. The Morgan fingerprint density at radius 1 is 1.57 bits per heavy atom. The van der Waals surface area contributed by atoms with Gasteiger partial charge in [-0.05, 0) is 32.3 Å². The van der Waals surface area contributed by atoms with E-state index in [1.165, 1.54) is 0 Å². The van der Waals surface area contributed by atoms with Crippen molar-refractivity contribution in [2.75, 3.05) is 24.6 Å². The van der Waals surface area contributed by atoms with Crippen molar-refractivity contribution in [2.45, 2.75) is 39.2 Å². The topological polar surface area (TPSA) is 96.9 Å². The Morgan fingerprint density at radius 3 is 3.10 bits per heavy atom. The zero-order chi connectivity index (χ0) is 15.2. The summed E-state index contributed by atoms with van der Waals surface area (Å²) >= 11 is 0. The Labute approximate surface area is 124 Å². The Morgan fingerprint density at radius 2 is 2.38 bits per heavy atom. The van der Waals surface area contributed by atoms with Gasteiger partial charge in [-0.1, -0.05) is 12.1 Å². The molecule has 1 aromatic rings. The highest BCUT2D eigenvalue weighted by molar-refractivity contribution is 5.95. The quantitative estimate of drug-likeness (QED) is 0.367. The number of piperidine rings is 1. The van der Waals surface area contributed by atoms with Gasteiger partial charge in [0.05, 0.1) is 6.10 Å². The summed E-state index contributed by atoms with van der Waals surface area (Å²) < 4.78 is 5.83. The largest absolute Gasteiger partial charge is 0.409 e. The zero-order valence-electron chi connectivity index (χ0n) is 12.6. The number of rotatable bonds is 5. The van der Waals surface area contributed by atoms with Crippen LogP contribution in [0, 0.1) is 6.92 Å². The minimum atomic E-state index is -0.00228. The first-order valence-electron chi connectivity index (χ1n) is 7.34. The number of hydrogen-bond donors (Lipinski definition) is 2. The van der Waals surface area contributed by atoms with Crippen LogP contribution < -0.4 is 10.6 Å². The SMILES string of the molecule is CCCOC1CCCN(c2nc(C)cc(/C(N)=N/O)n2)C1. The Hall–Kier alpha value is -1.89. The summed E-state index contributed by atoms with van der Waals surface area (Å²) in [6.45, 7) is 6.43. The predicted molar refractivity (Wildman–Crippen MR) is 80.8 cm³/mol. The second-order valence-electron chi connectivity index (χ2n) is 5.26. The molecule has 3 N–H and O–H groups in total. The zero-order valence-corrected chi connectivity index (χ0v) is 12.6. The summed E-state index contributed by atoms with van der Waals surface area (Å²) in [5, 5.41) is 11.8. The maximum atomic E-state index is 8.79. The number of aryl methyl sites for hydroxylation is 1. The third-order valence-electron chi connectivity index (χ3n) is 3.43. The van der Waals surface area contributed by atoms with Crippen molar-refractivity contribution in [1.82, 2.24) is 9.97 Å². The molecule has 2 heterocycles. The van der Waals surface area contributed by atoms with E-state index in [9.17, 15) is 0 Å². The van der Waals surface area contributed by atoms with Crippen LogP contribution >= 0.6 is 0 Å². The van der Waals surface area contributed by atoms with Crippen LogP contribution in [0.2, 0.25) is 0 Å². The van der Waals surface area contributed by atoms with Crippen LogP contribution in [0.1, 0.15) is 37.6 Å². The van der Waals surface area contributed by atoms with Crippen LogP contribution in [0.5, 0.6) is 0 Å². The molecule has 0 radical (unpaired) electrons. The lowest BCUT2D eigenvalue weighted by Gasteiger charge is -2.32. The molecule has 1 aromatic heterocycles.